The number of nitrogens with one attached hydrogen (secondary N) is 1. The highest BCUT2D eigenvalue weighted by Crippen LogP contribution is 2.24. The van der Waals surface area contributed by atoms with Crippen LogP contribution in [0.1, 0.15) is 12.7 Å². The van der Waals surface area contributed by atoms with Crippen molar-refractivity contribution >= 4 is 27.7 Å². The fraction of sp³-hybridized carbons (Fsp3) is 0.333. The molecule has 0 amide bonds. The second-order valence-electron chi connectivity index (χ2n) is 3.83. The van der Waals surface area contributed by atoms with Gasteiger partial charge in [-0.2, -0.15) is 4.98 Å². The molecule has 2 heterocycles. The van der Waals surface area contributed by atoms with E-state index in [4.69, 9.17) is 4.42 Å². The van der Waals surface area contributed by atoms with Crippen molar-refractivity contribution in [1.82, 2.24) is 9.97 Å². The highest BCUT2D eigenvalue weighted by Gasteiger charge is 2.11. The minimum atomic E-state index is 0.627. The van der Waals surface area contributed by atoms with Gasteiger partial charge in [-0.15, -0.1) is 0 Å². The summed E-state index contributed by atoms with van der Waals surface area (Å²) in [6.07, 6.45) is 3.42. The maximum absolute atomic E-state index is 5.33. The number of halogens is 1. The van der Waals surface area contributed by atoms with Crippen LogP contribution >= 0.6 is 15.9 Å². The molecule has 0 aliphatic rings. The average molecular weight is 311 g/mol. The molecule has 0 atom stereocenters. The molecule has 0 unspecified atom stereocenters. The maximum atomic E-state index is 5.33. The highest BCUT2D eigenvalue weighted by molar-refractivity contribution is 9.10. The van der Waals surface area contributed by atoms with Gasteiger partial charge >= 0.3 is 0 Å². The summed E-state index contributed by atoms with van der Waals surface area (Å²) in [5.74, 6) is 2.35. The highest BCUT2D eigenvalue weighted by atomic mass is 79.9. The summed E-state index contributed by atoms with van der Waals surface area (Å²) in [5.41, 5.74) is 0. The molecule has 18 heavy (non-hydrogen) atoms. The van der Waals surface area contributed by atoms with Crippen molar-refractivity contribution in [2.75, 3.05) is 23.8 Å². The van der Waals surface area contributed by atoms with Crippen LogP contribution in [0.15, 0.2) is 33.5 Å². The third kappa shape index (κ3) is 3.01. The van der Waals surface area contributed by atoms with Gasteiger partial charge in [0.2, 0.25) is 5.95 Å². The Labute approximate surface area is 114 Å². The summed E-state index contributed by atoms with van der Waals surface area (Å²) in [5, 5.41) is 3.10. The number of hydrogen-bond acceptors (Lipinski definition) is 5. The van der Waals surface area contributed by atoms with E-state index in [1.807, 2.05) is 31.0 Å². The molecule has 0 aromatic carbocycles. The molecule has 0 saturated carbocycles. The summed E-state index contributed by atoms with van der Waals surface area (Å²) in [6, 6.07) is 3.82. The number of furan rings is 1. The Hall–Kier alpha value is -1.56. The zero-order valence-electron chi connectivity index (χ0n) is 10.4. The number of rotatable bonds is 5. The fourth-order valence-electron chi connectivity index (χ4n) is 1.58. The van der Waals surface area contributed by atoms with E-state index in [1.165, 1.54) is 0 Å². The lowest BCUT2D eigenvalue weighted by Crippen LogP contribution is -2.19. The van der Waals surface area contributed by atoms with Gasteiger partial charge in [0.05, 0.1) is 17.3 Å². The smallest absolute Gasteiger partial charge is 0.224 e. The minimum absolute atomic E-state index is 0.627. The van der Waals surface area contributed by atoms with Gasteiger partial charge in [0.15, 0.2) is 0 Å². The normalized spacial score (nSPS) is 10.4. The lowest BCUT2D eigenvalue weighted by Gasteiger charge is -2.18. The Kier molecular flexibility index (Phi) is 4.19. The zero-order chi connectivity index (χ0) is 13.0. The zero-order valence-corrected chi connectivity index (χ0v) is 11.9. The number of hydrogen-bond donors (Lipinski definition) is 1. The van der Waals surface area contributed by atoms with Gasteiger partial charge in [-0.3, -0.25) is 0 Å². The predicted octanol–water partition coefficient (Wildman–Crippen LogP) is 2.90. The summed E-state index contributed by atoms with van der Waals surface area (Å²) in [7, 11) is 1.96. The first kappa shape index (κ1) is 12.9. The average Bonchev–Trinajstić information content (AvgIpc) is 2.84. The molecule has 5 nitrogen and oxygen atoms in total. The van der Waals surface area contributed by atoms with Crippen LogP contribution in [0.2, 0.25) is 0 Å². The molecule has 0 radical (unpaired) electrons. The van der Waals surface area contributed by atoms with Gasteiger partial charge in [0, 0.05) is 19.8 Å². The molecule has 6 heteroatoms. The third-order valence-electron chi connectivity index (χ3n) is 2.40. The standard InChI is InChI=1S/C12H15BrN4O/c1-3-14-12-15-7-10(13)11(16-12)17(2)8-9-5-4-6-18-9/h4-7H,3,8H2,1-2H3,(H,14,15,16). The number of nitrogens with zero attached hydrogens (tertiary/aromatic N) is 3. The van der Waals surface area contributed by atoms with Crippen LogP contribution in [0.25, 0.3) is 0 Å². The van der Waals surface area contributed by atoms with Crippen molar-refractivity contribution in [3.05, 3.63) is 34.8 Å². The molecule has 2 aromatic heterocycles. The fourth-order valence-corrected chi connectivity index (χ4v) is 2.07. The summed E-state index contributed by atoms with van der Waals surface area (Å²) in [4.78, 5) is 10.7. The number of aromatic nitrogens is 2. The van der Waals surface area contributed by atoms with Gasteiger partial charge in [0.1, 0.15) is 11.6 Å². The van der Waals surface area contributed by atoms with E-state index >= 15 is 0 Å². The van der Waals surface area contributed by atoms with Gasteiger partial charge < -0.3 is 14.6 Å². The monoisotopic (exact) mass is 310 g/mol. The second-order valence-corrected chi connectivity index (χ2v) is 4.69. The second kappa shape index (κ2) is 5.86. The Bertz CT molecular complexity index is 501. The largest absolute Gasteiger partial charge is 0.467 e. The van der Waals surface area contributed by atoms with Gasteiger partial charge in [-0.1, -0.05) is 0 Å². The van der Waals surface area contributed by atoms with Crippen molar-refractivity contribution in [3.8, 4) is 0 Å². The molecule has 0 aliphatic heterocycles. The first-order valence-corrected chi connectivity index (χ1v) is 6.50. The van der Waals surface area contributed by atoms with Crippen molar-refractivity contribution in [1.29, 1.82) is 0 Å². The minimum Gasteiger partial charge on any atom is -0.467 e. The first-order chi connectivity index (χ1) is 8.70. The summed E-state index contributed by atoms with van der Waals surface area (Å²) >= 11 is 3.46. The molecule has 0 fully saturated rings. The quantitative estimate of drug-likeness (QED) is 0.920. The Morgan fingerprint density at radius 2 is 2.33 bits per heavy atom. The van der Waals surface area contributed by atoms with Crippen LogP contribution in [0, 0.1) is 0 Å². The number of anilines is 2. The van der Waals surface area contributed by atoms with Gasteiger partial charge in [-0.25, -0.2) is 4.98 Å². The molecule has 96 valence electrons. The molecule has 2 rings (SSSR count). The molecule has 0 aliphatic carbocycles. The van der Waals surface area contributed by atoms with E-state index in [0.29, 0.717) is 12.5 Å². The van der Waals surface area contributed by atoms with E-state index in [-0.39, 0.29) is 0 Å². The van der Waals surface area contributed by atoms with Crippen molar-refractivity contribution in [2.45, 2.75) is 13.5 Å². The molecular formula is C12H15BrN4O. The van der Waals surface area contributed by atoms with E-state index < -0.39 is 0 Å². The van der Waals surface area contributed by atoms with Crippen LogP contribution in [0.5, 0.6) is 0 Å². The SMILES string of the molecule is CCNc1ncc(Br)c(N(C)Cc2ccco2)n1. The third-order valence-corrected chi connectivity index (χ3v) is 2.95. The van der Waals surface area contributed by atoms with E-state index in [2.05, 4.69) is 31.2 Å². The van der Waals surface area contributed by atoms with Crippen molar-refractivity contribution in [2.24, 2.45) is 0 Å². The maximum Gasteiger partial charge on any atom is 0.224 e. The van der Waals surface area contributed by atoms with Gasteiger partial charge in [0.25, 0.3) is 0 Å². The van der Waals surface area contributed by atoms with Crippen molar-refractivity contribution in [3.63, 3.8) is 0 Å². The molecule has 0 saturated heterocycles. The Morgan fingerprint density at radius 3 is 3.00 bits per heavy atom. The Morgan fingerprint density at radius 1 is 1.50 bits per heavy atom. The summed E-state index contributed by atoms with van der Waals surface area (Å²) in [6.45, 7) is 3.47. The van der Waals surface area contributed by atoms with E-state index in [0.717, 1.165) is 22.6 Å². The molecular weight excluding hydrogens is 296 g/mol. The van der Waals surface area contributed by atoms with Crippen LogP contribution in [-0.4, -0.2) is 23.6 Å². The van der Waals surface area contributed by atoms with E-state index in [9.17, 15) is 0 Å². The molecule has 0 spiro atoms. The molecule has 1 N–H and O–H groups in total. The van der Waals surface area contributed by atoms with E-state index in [1.54, 1.807) is 12.5 Å². The predicted molar refractivity (Wildman–Crippen MR) is 74.7 cm³/mol. The van der Waals surface area contributed by atoms with Gasteiger partial charge in [-0.05, 0) is 35.0 Å². The van der Waals surface area contributed by atoms with Crippen LogP contribution in [0.4, 0.5) is 11.8 Å². The summed E-state index contributed by atoms with van der Waals surface area (Å²) < 4.78 is 6.19. The lowest BCUT2D eigenvalue weighted by molar-refractivity contribution is 0.507. The van der Waals surface area contributed by atoms with Crippen LogP contribution in [0.3, 0.4) is 0 Å². The topological polar surface area (TPSA) is 54.2 Å². The van der Waals surface area contributed by atoms with Crippen LogP contribution in [-0.2, 0) is 6.54 Å². The van der Waals surface area contributed by atoms with Crippen LogP contribution < -0.4 is 10.2 Å². The first-order valence-electron chi connectivity index (χ1n) is 5.70. The van der Waals surface area contributed by atoms with Crippen molar-refractivity contribution < 1.29 is 4.42 Å². The molecule has 0 bridgehead atoms. The Balaban J connectivity index is 2.17. The molecule has 2 aromatic rings. The lowest BCUT2D eigenvalue weighted by atomic mass is 10.4.